The molecular weight excluding hydrogens is 260 g/mol. The van der Waals surface area contributed by atoms with Crippen molar-refractivity contribution in [2.75, 3.05) is 45.2 Å². The summed E-state index contributed by atoms with van der Waals surface area (Å²) in [5.74, 6) is 0.702. The van der Waals surface area contributed by atoms with Gasteiger partial charge in [-0.15, -0.1) is 0 Å². The summed E-state index contributed by atoms with van der Waals surface area (Å²) in [7, 11) is 4.27. The van der Waals surface area contributed by atoms with Crippen LogP contribution in [0.15, 0.2) is 18.2 Å². The van der Waals surface area contributed by atoms with Crippen LogP contribution in [0.2, 0.25) is 0 Å². The van der Waals surface area contributed by atoms with Gasteiger partial charge in [-0.3, -0.25) is 0 Å². The second-order valence-electron chi connectivity index (χ2n) is 6.04. The summed E-state index contributed by atoms with van der Waals surface area (Å²) >= 11 is 0. The summed E-state index contributed by atoms with van der Waals surface area (Å²) < 4.78 is 0. The van der Waals surface area contributed by atoms with E-state index in [1.54, 1.807) is 0 Å². The Bertz CT molecular complexity index is 506. The van der Waals surface area contributed by atoms with Crippen molar-refractivity contribution in [3.8, 4) is 6.07 Å². The molecule has 1 aromatic rings. The van der Waals surface area contributed by atoms with E-state index in [0.29, 0.717) is 5.92 Å². The van der Waals surface area contributed by atoms with E-state index in [0.717, 1.165) is 37.4 Å². The Hall–Kier alpha value is -1.57. The maximum atomic E-state index is 9.41. The number of hydrogen-bond acceptors (Lipinski definition) is 4. The van der Waals surface area contributed by atoms with Crippen molar-refractivity contribution >= 4 is 5.69 Å². The third-order valence-corrected chi connectivity index (χ3v) is 4.19. The van der Waals surface area contributed by atoms with Crippen LogP contribution in [0.1, 0.15) is 24.5 Å². The minimum atomic E-state index is 0.702. The third kappa shape index (κ3) is 4.20. The number of likely N-dealkylation sites (tertiary alicyclic amines) is 1. The van der Waals surface area contributed by atoms with Gasteiger partial charge in [-0.25, -0.2) is 0 Å². The van der Waals surface area contributed by atoms with Crippen LogP contribution in [-0.4, -0.2) is 45.2 Å². The van der Waals surface area contributed by atoms with Gasteiger partial charge in [0.2, 0.25) is 0 Å². The lowest BCUT2D eigenvalue weighted by Crippen LogP contribution is -2.27. The summed E-state index contributed by atoms with van der Waals surface area (Å²) in [6.07, 6.45) is 1.25. The van der Waals surface area contributed by atoms with Gasteiger partial charge < -0.3 is 15.1 Å². The van der Waals surface area contributed by atoms with Crippen molar-refractivity contribution in [2.24, 2.45) is 5.92 Å². The first-order valence-electron chi connectivity index (χ1n) is 7.77. The molecule has 1 N–H and O–H groups in total. The second kappa shape index (κ2) is 7.44. The van der Waals surface area contributed by atoms with Gasteiger partial charge in [0.1, 0.15) is 6.07 Å². The smallest absolute Gasteiger partial charge is 0.101 e. The van der Waals surface area contributed by atoms with Crippen LogP contribution in [0.5, 0.6) is 0 Å². The molecule has 0 radical (unpaired) electrons. The summed E-state index contributed by atoms with van der Waals surface area (Å²) in [5, 5.41) is 12.7. The number of rotatable bonds is 6. The molecule has 1 aliphatic rings. The first kappa shape index (κ1) is 15.8. The molecule has 1 heterocycles. The van der Waals surface area contributed by atoms with Crippen LogP contribution < -0.4 is 10.2 Å². The molecule has 2 rings (SSSR count). The Balaban J connectivity index is 2.06. The van der Waals surface area contributed by atoms with Gasteiger partial charge in [-0.1, -0.05) is 13.0 Å². The van der Waals surface area contributed by atoms with Crippen LogP contribution in [0.3, 0.4) is 0 Å². The molecule has 114 valence electrons. The highest BCUT2D eigenvalue weighted by Gasteiger charge is 2.21. The number of nitriles is 1. The maximum Gasteiger partial charge on any atom is 0.101 e. The summed E-state index contributed by atoms with van der Waals surface area (Å²) in [6, 6.07) is 8.56. The Morgan fingerprint density at radius 2 is 2.29 bits per heavy atom. The van der Waals surface area contributed by atoms with Gasteiger partial charge in [-0.05, 0) is 50.2 Å². The predicted molar refractivity (Wildman–Crippen MR) is 87.4 cm³/mol. The average molecular weight is 286 g/mol. The molecule has 0 saturated carbocycles. The highest BCUT2D eigenvalue weighted by molar-refractivity contribution is 5.60. The zero-order valence-electron chi connectivity index (χ0n) is 13.4. The average Bonchev–Trinajstić information content (AvgIpc) is 2.89. The number of hydrogen-bond donors (Lipinski definition) is 1. The highest BCUT2D eigenvalue weighted by atomic mass is 15.2. The van der Waals surface area contributed by atoms with Gasteiger partial charge in [0.25, 0.3) is 0 Å². The van der Waals surface area contributed by atoms with Gasteiger partial charge in [0.15, 0.2) is 0 Å². The van der Waals surface area contributed by atoms with Gasteiger partial charge in [-0.2, -0.15) is 5.26 Å². The molecule has 4 heteroatoms. The van der Waals surface area contributed by atoms with E-state index in [-0.39, 0.29) is 0 Å². The third-order valence-electron chi connectivity index (χ3n) is 4.19. The van der Waals surface area contributed by atoms with Crippen LogP contribution in [0, 0.1) is 17.2 Å². The fourth-order valence-corrected chi connectivity index (χ4v) is 3.05. The number of nitrogens with one attached hydrogen (secondary N) is 1. The van der Waals surface area contributed by atoms with Crippen molar-refractivity contribution in [3.63, 3.8) is 0 Å². The van der Waals surface area contributed by atoms with E-state index in [4.69, 9.17) is 0 Å². The van der Waals surface area contributed by atoms with Crippen LogP contribution >= 0.6 is 0 Å². The van der Waals surface area contributed by atoms with Crippen molar-refractivity contribution in [1.82, 2.24) is 10.2 Å². The fourth-order valence-electron chi connectivity index (χ4n) is 3.05. The maximum absolute atomic E-state index is 9.41. The fraction of sp³-hybridized carbons (Fsp3) is 0.588. The van der Waals surface area contributed by atoms with E-state index in [1.165, 1.54) is 18.5 Å². The molecule has 1 saturated heterocycles. The van der Waals surface area contributed by atoms with Crippen LogP contribution in [0.25, 0.3) is 0 Å². The lowest BCUT2D eigenvalue weighted by atomic mass is 10.1. The van der Waals surface area contributed by atoms with Gasteiger partial charge in [0.05, 0.1) is 11.3 Å². The summed E-state index contributed by atoms with van der Waals surface area (Å²) in [4.78, 5) is 4.61. The normalized spacial score (nSPS) is 18.7. The number of benzene rings is 1. The molecule has 0 bridgehead atoms. The van der Waals surface area contributed by atoms with E-state index >= 15 is 0 Å². The zero-order chi connectivity index (χ0) is 15.2. The Morgan fingerprint density at radius 3 is 2.90 bits per heavy atom. The molecule has 0 aliphatic carbocycles. The van der Waals surface area contributed by atoms with Crippen molar-refractivity contribution in [1.29, 1.82) is 5.26 Å². The molecule has 0 amide bonds. The molecule has 1 atom stereocenters. The van der Waals surface area contributed by atoms with E-state index in [9.17, 15) is 5.26 Å². The molecule has 1 fully saturated rings. The minimum Gasteiger partial charge on any atom is -0.373 e. The molecule has 1 aliphatic heterocycles. The Labute approximate surface area is 128 Å². The Kier molecular flexibility index (Phi) is 5.60. The predicted octanol–water partition coefficient (Wildman–Crippen LogP) is 2.06. The van der Waals surface area contributed by atoms with Crippen LogP contribution in [0.4, 0.5) is 5.69 Å². The molecule has 21 heavy (non-hydrogen) atoms. The van der Waals surface area contributed by atoms with Gasteiger partial charge >= 0.3 is 0 Å². The molecule has 1 unspecified atom stereocenters. The molecule has 1 aromatic carbocycles. The van der Waals surface area contributed by atoms with Crippen molar-refractivity contribution in [3.05, 3.63) is 29.3 Å². The lowest BCUT2D eigenvalue weighted by Gasteiger charge is -2.24. The molecule has 0 spiro atoms. The summed E-state index contributed by atoms with van der Waals surface area (Å²) in [6.45, 7) is 7.22. The molecular formula is C17H26N4. The van der Waals surface area contributed by atoms with E-state index in [1.807, 2.05) is 6.07 Å². The standard InChI is InChI=1S/C17H26N4/c1-4-19-11-14-5-6-17(16(9-14)10-18)21(3)13-15-7-8-20(2)12-15/h5-6,9,15,19H,4,7-8,11-13H2,1-3H3. The monoisotopic (exact) mass is 286 g/mol. The van der Waals surface area contributed by atoms with E-state index < -0.39 is 0 Å². The minimum absolute atomic E-state index is 0.702. The zero-order valence-corrected chi connectivity index (χ0v) is 13.4. The van der Waals surface area contributed by atoms with Gasteiger partial charge in [0, 0.05) is 26.7 Å². The molecule has 0 aromatic heterocycles. The Morgan fingerprint density at radius 1 is 1.48 bits per heavy atom. The largest absolute Gasteiger partial charge is 0.373 e. The highest BCUT2D eigenvalue weighted by Crippen LogP contribution is 2.23. The van der Waals surface area contributed by atoms with Crippen molar-refractivity contribution < 1.29 is 0 Å². The SMILES string of the molecule is CCNCc1ccc(N(C)CC2CCN(C)C2)c(C#N)c1. The van der Waals surface area contributed by atoms with Crippen molar-refractivity contribution in [2.45, 2.75) is 19.9 Å². The lowest BCUT2D eigenvalue weighted by molar-refractivity contribution is 0.396. The summed E-state index contributed by atoms with van der Waals surface area (Å²) in [5.41, 5.74) is 3.00. The second-order valence-corrected chi connectivity index (χ2v) is 6.04. The number of nitrogens with zero attached hydrogens (tertiary/aromatic N) is 3. The van der Waals surface area contributed by atoms with Crippen LogP contribution in [-0.2, 0) is 6.54 Å². The first-order valence-corrected chi connectivity index (χ1v) is 7.77. The van der Waals surface area contributed by atoms with E-state index in [2.05, 4.69) is 54.3 Å². The number of anilines is 1. The topological polar surface area (TPSA) is 42.3 Å². The molecule has 4 nitrogen and oxygen atoms in total. The quantitative estimate of drug-likeness (QED) is 0.869. The first-order chi connectivity index (χ1) is 10.1.